The molecule has 0 spiro atoms. The number of rotatable bonds is 4. The number of hydrogen-bond acceptors (Lipinski definition) is 3. The number of aryl methyl sites for hydroxylation is 3. The van der Waals surface area contributed by atoms with Crippen LogP contribution in [-0.2, 0) is 12.8 Å². The van der Waals surface area contributed by atoms with E-state index in [1.807, 2.05) is 41.0 Å². The number of imidazole rings is 1. The number of ketones is 1. The number of fused-ring (bicyclic) bond motifs is 1. The molecule has 4 nitrogen and oxygen atoms in total. The molecule has 0 aliphatic heterocycles. The predicted octanol–water partition coefficient (Wildman–Crippen LogP) is 3.03. The SMILES string of the molecule is CC(=O)c1ccc(C)c(CCc2cnc3cccnn23)c1. The first-order valence-corrected chi connectivity index (χ1v) is 7.03. The van der Waals surface area contributed by atoms with E-state index < -0.39 is 0 Å². The van der Waals surface area contributed by atoms with Crippen molar-refractivity contribution in [2.75, 3.05) is 0 Å². The summed E-state index contributed by atoms with van der Waals surface area (Å²) in [5.74, 6) is 0.104. The lowest BCUT2D eigenvalue weighted by molar-refractivity contribution is 0.101. The number of carbonyl (C=O) groups is 1. The van der Waals surface area contributed by atoms with E-state index >= 15 is 0 Å². The van der Waals surface area contributed by atoms with Gasteiger partial charge in [0.15, 0.2) is 11.4 Å². The second-order valence-electron chi connectivity index (χ2n) is 5.24. The maximum atomic E-state index is 11.5. The number of nitrogens with zero attached hydrogens (tertiary/aromatic N) is 3. The summed E-state index contributed by atoms with van der Waals surface area (Å²) < 4.78 is 1.87. The highest BCUT2D eigenvalue weighted by Crippen LogP contribution is 2.15. The Morgan fingerprint density at radius 1 is 1.24 bits per heavy atom. The topological polar surface area (TPSA) is 47.3 Å². The van der Waals surface area contributed by atoms with Gasteiger partial charge in [-0.25, -0.2) is 9.50 Å². The van der Waals surface area contributed by atoms with Gasteiger partial charge in [-0.15, -0.1) is 0 Å². The van der Waals surface area contributed by atoms with Crippen molar-refractivity contribution in [2.45, 2.75) is 26.7 Å². The van der Waals surface area contributed by atoms with Gasteiger partial charge in [0.1, 0.15) is 0 Å². The second kappa shape index (κ2) is 5.48. The van der Waals surface area contributed by atoms with Crippen LogP contribution in [0.5, 0.6) is 0 Å². The molecule has 3 aromatic rings. The van der Waals surface area contributed by atoms with Gasteiger partial charge < -0.3 is 0 Å². The fraction of sp³-hybridized carbons (Fsp3) is 0.235. The molecule has 1 aromatic carbocycles. The Bertz CT molecular complexity index is 805. The van der Waals surface area contributed by atoms with Gasteiger partial charge in [-0.2, -0.15) is 5.10 Å². The lowest BCUT2D eigenvalue weighted by Crippen LogP contribution is -2.02. The molecule has 0 aliphatic rings. The molecule has 0 saturated heterocycles. The van der Waals surface area contributed by atoms with Crippen LogP contribution in [0.15, 0.2) is 42.7 Å². The summed E-state index contributed by atoms with van der Waals surface area (Å²) in [6, 6.07) is 9.72. The van der Waals surface area contributed by atoms with Crippen molar-refractivity contribution in [2.24, 2.45) is 0 Å². The van der Waals surface area contributed by atoms with Crippen LogP contribution >= 0.6 is 0 Å². The van der Waals surface area contributed by atoms with Crippen molar-refractivity contribution in [1.29, 1.82) is 0 Å². The number of carbonyl (C=O) groups excluding carboxylic acids is 1. The van der Waals surface area contributed by atoms with Crippen molar-refractivity contribution < 1.29 is 4.79 Å². The Morgan fingerprint density at radius 3 is 2.90 bits per heavy atom. The molecule has 0 aliphatic carbocycles. The molecule has 4 heteroatoms. The van der Waals surface area contributed by atoms with Crippen LogP contribution in [0.4, 0.5) is 0 Å². The third-order valence-corrected chi connectivity index (χ3v) is 3.75. The van der Waals surface area contributed by atoms with Crippen LogP contribution in [0.25, 0.3) is 5.65 Å². The van der Waals surface area contributed by atoms with E-state index in [0.717, 1.165) is 29.7 Å². The quantitative estimate of drug-likeness (QED) is 0.690. The Morgan fingerprint density at radius 2 is 2.10 bits per heavy atom. The molecule has 0 radical (unpaired) electrons. The molecule has 2 aromatic heterocycles. The van der Waals surface area contributed by atoms with E-state index in [-0.39, 0.29) is 5.78 Å². The molecule has 0 amide bonds. The first-order valence-electron chi connectivity index (χ1n) is 7.03. The lowest BCUT2D eigenvalue weighted by atomic mass is 9.99. The highest BCUT2D eigenvalue weighted by molar-refractivity contribution is 5.94. The molecule has 21 heavy (non-hydrogen) atoms. The van der Waals surface area contributed by atoms with Gasteiger partial charge in [0, 0.05) is 11.8 Å². The molecule has 0 unspecified atom stereocenters. The molecular formula is C17H17N3O. The van der Waals surface area contributed by atoms with Crippen molar-refractivity contribution in [1.82, 2.24) is 14.6 Å². The van der Waals surface area contributed by atoms with Gasteiger partial charge in [0.05, 0.1) is 11.9 Å². The van der Waals surface area contributed by atoms with Gasteiger partial charge >= 0.3 is 0 Å². The summed E-state index contributed by atoms with van der Waals surface area (Å²) >= 11 is 0. The van der Waals surface area contributed by atoms with Crippen LogP contribution in [-0.4, -0.2) is 20.4 Å². The minimum Gasteiger partial charge on any atom is -0.295 e. The smallest absolute Gasteiger partial charge is 0.159 e. The Labute approximate surface area is 123 Å². The molecule has 106 valence electrons. The highest BCUT2D eigenvalue weighted by atomic mass is 16.1. The predicted molar refractivity (Wildman–Crippen MR) is 81.6 cm³/mol. The zero-order valence-electron chi connectivity index (χ0n) is 12.2. The molecular weight excluding hydrogens is 262 g/mol. The minimum absolute atomic E-state index is 0.104. The fourth-order valence-corrected chi connectivity index (χ4v) is 2.47. The molecule has 2 heterocycles. The normalized spacial score (nSPS) is 11.0. The molecule has 0 N–H and O–H groups in total. The standard InChI is InChI=1S/C17H17N3O/c1-12-5-6-15(13(2)21)10-14(12)7-8-16-11-18-17-4-3-9-19-20(16)17/h3-6,9-11H,7-8H2,1-2H3. The van der Waals surface area contributed by atoms with E-state index in [1.54, 1.807) is 13.1 Å². The van der Waals surface area contributed by atoms with Crippen LogP contribution in [0.2, 0.25) is 0 Å². The largest absolute Gasteiger partial charge is 0.295 e. The van der Waals surface area contributed by atoms with Crippen molar-refractivity contribution in [3.8, 4) is 0 Å². The Balaban J connectivity index is 1.84. The summed E-state index contributed by atoms with van der Waals surface area (Å²) in [7, 11) is 0. The van der Waals surface area contributed by atoms with Gasteiger partial charge in [-0.3, -0.25) is 4.79 Å². The van der Waals surface area contributed by atoms with E-state index in [2.05, 4.69) is 17.0 Å². The van der Waals surface area contributed by atoms with E-state index in [0.29, 0.717) is 0 Å². The first kappa shape index (κ1) is 13.5. The summed E-state index contributed by atoms with van der Waals surface area (Å²) in [5.41, 5.74) is 5.13. The summed E-state index contributed by atoms with van der Waals surface area (Å²) in [6.07, 6.45) is 5.35. The van der Waals surface area contributed by atoms with Crippen LogP contribution in [0.3, 0.4) is 0 Å². The summed E-state index contributed by atoms with van der Waals surface area (Å²) in [6.45, 7) is 3.68. The molecule has 0 atom stereocenters. The number of Topliss-reactive ketones (excluding diaryl/α,β-unsaturated/α-hetero) is 1. The first-order chi connectivity index (χ1) is 10.1. The monoisotopic (exact) mass is 279 g/mol. The summed E-state index contributed by atoms with van der Waals surface area (Å²) in [4.78, 5) is 15.8. The number of benzene rings is 1. The Kier molecular flexibility index (Phi) is 3.52. The van der Waals surface area contributed by atoms with Gasteiger partial charge in [0.25, 0.3) is 0 Å². The molecule has 0 bridgehead atoms. The zero-order valence-corrected chi connectivity index (χ0v) is 12.2. The summed E-state index contributed by atoms with van der Waals surface area (Å²) in [5, 5.41) is 4.32. The number of hydrogen-bond donors (Lipinski definition) is 0. The number of aromatic nitrogens is 3. The van der Waals surface area contributed by atoms with Crippen LogP contribution in [0.1, 0.15) is 34.1 Å². The maximum absolute atomic E-state index is 11.5. The van der Waals surface area contributed by atoms with E-state index in [1.165, 1.54) is 11.1 Å². The van der Waals surface area contributed by atoms with E-state index in [9.17, 15) is 4.79 Å². The Hall–Kier alpha value is -2.49. The fourth-order valence-electron chi connectivity index (χ4n) is 2.47. The van der Waals surface area contributed by atoms with Gasteiger partial charge in [-0.05, 0) is 56.0 Å². The average molecular weight is 279 g/mol. The van der Waals surface area contributed by atoms with Gasteiger partial charge in [-0.1, -0.05) is 12.1 Å². The van der Waals surface area contributed by atoms with Gasteiger partial charge in [0.2, 0.25) is 0 Å². The molecule has 3 rings (SSSR count). The lowest BCUT2D eigenvalue weighted by Gasteiger charge is -2.07. The highest BCUT2D eigenvalue weighted by Gasteiger charge is 2.07. The van der Waals surface area contributed by atoms with Crippen molar-refractivity contribution in [3.63, 3.8) is 0 Å². The van der Waals surface area contributed by atoms with Crippen molar-refractivity contribution >= 4 is 11.4 Å². The average Bonchev–Trinajstić information content (AvgIpc) is 2.89. The molecule has 0 saturated carbocycles. The third-order valence-electron chi connectivity index (χ3n) is 3.75. The van der Waals surface area contributed by atoms with Crippen LogP contribution < -0.4 is 0 Å². The minimum atomic E-state index is 0.104. The third kappa shape index (κ3) is 2.70. The maximum Gasteiger partial charge on any atom is 0.159 e. The molecule has 0 fully saturated rings. The van der Waals surface area contributed by atoms with Crippen molar-refractivity contribution in [3.05, 3.63) is 65.1 Å². The second-order valence-corrected chi connectivity index (χ2v) is 5.24. The van der Waals surface area contributed by atoms with Crippen LogP contribution in [0, 0.1) is 6.92 Å². The zero-order chi connectivity index (χ0) is 14.8. The van der Waals surface area contributed by atoms with E-state index in [4.69, 9.17) is 0 Å².